The average molecular weight is 417 g/mol. The number of methoxy groups -OCH3 is 2. The smallest absolute Gasteiger partial charge is 0.323 e. The molecule has 3 rings (SSSR count). The number of carbonyl (C=O) groups excluding carboxylic acids is 2. The zero-order valence-electron chi connectivity index (χ0n) is 14.8. The van der Waals surface area contributed by atoms with E-state index in [0.29, 0.717) is 12.8 Å². The summed E-state index contributed by atoms with van der Waals surface area (Å²) in [6.45, 7) is 0. The molecule has 2 unspecified atom stereocenters. The Hall–Kier alpha value is -2.14. The SMILES string of the molecule is COC(=O)C1(C(=O)OC)CC(c2ccccc2)CC1c1ccc(Br)cc1. The quantitative estimate of drug-likeness (QED) is 0.545. The maximum absolute atomic E-state index is 12.8. The molecule has 0 aliphatic heterocycles. The zero-order chi connectivity index (χ0) is 18.7. The number of hydrogen-bond donors (Lipinski definition) is 0. The Kier molecular flexibility index (Phi) is 5.47. The van der Waals surface area contributed by atoms with E-state index < -0.39 is 17.4 Å². The average Bonchev–Trinajstić information content (AvgIpc) is 3.10. The van der Waals surface area contributed by atoms with Crippen LogP contribution in [0.15, 0.2) is 59.1 Å². The van der Waals surface area contributed by atoms with E-state index in [1.807, 2.05) is 54.6 Å². The van der Waals surface area contributed by atoms with Crippen LogP contribution < -0.4 is 0 Å². The lowest BCUT2D eigenvalue weighted by atomic mass is 9.74. The van der Waals surface area contributed by atoms with Gasteiger partial charge in [-0.1, -0.05) is 58.4 Å². The molecule has 0 heterocycles. The molecule has 1 aliphatic rings. The van der Waals surface area contributed by atoms with Gasteiger partial charge in [0.15, 0.2) is 5.41 Å². The van der Waals surface area contributed by atoms with Crippen LogP contribution in [0, 0.1) is 5.41 Å². The molecule has 136 valence electrons. The number of carbonyl (C=O) groups is 2. The van der Waals surface area contributed by atoms with E-state index in [1.54, 1.807) is 0 Å². The fourth-order valence-corrected chi connectivity index (χ4v) is 4.36. The van der Waals surface area contributed by atoms with Crippen molar-refractivity contribution in [1.82, 2.24) is 0 Å². The summed E-state index contributed by atoms with van der Waals surface area (Å²) in [4.78, 5) is 25.7. The van der Waals surface area contributed by atoms with Gasteiger partial charge in [-0.3, -0.25) is 9.59 Å². The van der Waals surface area contributed by atoms with Crippen LogP contribution in [0.4, 0.5) is 0 Å². The number of hydrogen-bond acceptors (Lipinski definition) is 4. The minimum atomic E-state index is -1.34. The van der Waals surface area contributed by atoms with Gasteiger partial charge >= 0.3 is 11.9 Å². The third-order valence-electron chi connectivity index (χ3n) is 5.33. The van der Waals surface area contributed by atoms with Gasteiger partial charge in [0.2, 0.25) is 0 Å². The van der Waals surface area contributed by atoms with Gasteiger partial charge in [-0.2, -0.15) is 0 Å². The molecule has 2 aromatic carbocycles. The van der Waals surface area contributed by atoms with Gasteiger partial charge in [0.05, 0.1) is 14.2 Å². The van der Waals surface area contributed by atoms with Crippen molar-refractivity contribution < 1.29 is 19.1 Å². The van der Waals surface area contributed by atoms with Gasteiger partial charge in [-0.05, 0) is 42.0 Å². The lowest BCUT2D eigenvalue weighted by Gasteiger charge is -2.30. The molecule has 5 heteroatoms. The van der Waals surface area contributed by atoms with Crippen molar-refractivity contribution in [2.24, 2.45) is 5.41 Å². The third-order valence-corrected chi connectivity index (χ3v) is 5.85. The molecular weight excluding hydrogens is 396 g/mol. The summed E-state index contributed by atoms with van der Waals surface area (Å²) in [5.41, 5.74) is 0.712. The van der Waals surface area contributed by atoms with Crippen molar-refractivity contribution in [3.63, 3.8) is 0 Å². The standard InChI is InChI=1S/C21H21BrO4/c1-25-19(23)21(20(24)26-2)13-16(14-6-4-3-5-7-14)12-18(21)15-8-10-17(22)11-9-15/h3-11,16,18H,12-13H2,1-2H3. The topological polar surface area (TPSA) is 52.6 Å². The number of benzene rings is 2. The van der Waals surface area contributed by atoms with E-state index in [4.69, 9.17) is 9.47 Å². The molecule has 1 aliphatic carbocycles. The van der Waals surface area contributed by atoms with E-state index in [1.165, 1.54) is 14.2 Å². The lowest BCUT2D eigenvalue weighted by molar-refractivity contribution is -0.170. The van der Waals surface area contributed by atoms with Gasteiger partial charge in [0, 0.05) is 10.4 Å². The Bertz CT molecular complexity index is 769. The summed E-state index contributed by atoms with van der Waals surface area (Å²) in [5, 5.41) is 0. The molecule has 2 aromatic rings. The van der Waals surface area contributed by atoms with Gasteiger partial charge in [0.1, 0.15) is 0 Å². The number of rotatable bonds is 4. The highest BCUT2D eigenvalue weighted by molar-refractivity contribution is 9.10. The Morgan fingerprint density at radius 1 is 0.923 bits per heavy atom. The van der Waals surface area contributed by atoms with Gasteiger partial charge < -0.3 is 9.47 Å². The molecule has 0 spiro atoms. The minimum absolute atomic E-state index is 0.0723. The monoisotopic (exact) mass is 416 g/mol. The molecule has 1 saturated carbocycles. The number of ether oxygens (including phenoxy) is 2. The van der Waals surface area contributed by atoms with Crippen LogP contribution in [-0.2, 0) is 19.1 Å². The Morgan fingerprint density at radius 3 is 2.04 bits per heavy atom. The largest absolute Gasteiger partial charge is 0.468 e. The maximum Gasteiger partial charge on any atom is 0.323 e. The zero-order valence-corrected chi connectivity index (χ0v) is 16.4. The van der Waals surface area contributed by atoms with Gasteiger partial charge in [-0.15, -0.1) is 0 Å². The highest BCUT2D eigenvalue weighted by Crippen LogP contribution is 2.56. The molecule has 2 atom stereocenters. The molecule has 0 N–H and O–H groups in total. The first-order chi connectivity index (χ1) is 12.5. The van der Waals surface area contributed by atoms with E-state index in [2.05, 4.69) is 15.9 Å². The molecular formula is C21H21BrO4. The Labute approximate surface area is 161 Å². The van der Waals surface area contributed by atoms with Gasteiger partial charge in [-0.25, -0.2) is 0 Å². The summed E-state index contributed by atoms with van der Waals surface area (Å²) in [6.07, 6.45) is 1.05. The van der Waals surface area contributed by atoms with E-state index in [-0.39, 0.29) is 11.8 Å². The van der Waals surface area contributed by atoms with Crippen LogP contribution in [0.25, 0.3) is 0 Å². The second kappa shape index (κ2) is 7.62. The van der Waals surface area contributed by atoms with Crippen molar-refractivity contribution in [1.29, 1.82) is 0 Å². The Morgan fingerprint density at radius 2 is 1.50 bits per heavy atom. The summed E-state index contributed by atoms with van der Waals surface area (Å²) in [5.74, 6) is -1.30. The second-order valence-corrected chi connectivity index (χ2v) is 7.52. The third kappa shape index (κ3) is 3.16. The minimum Gasteiger partial charge on any atom is -0.468 e. The summed E-state index contributed by atoms with van der Waals surface area (Å²) in [6, 6.07) is 17.7. The molecule has 4 nitrogen and oxygen atoms in total. The molecule has 1 fully saturated rings. The second-order valence-electron chi connectivity index (χ2n) is 6.61. The highest BCUT2D eigenvalue weighted by atomic mass is 79.9. The molecule has 0 saturated heterocycles. The normalized spacial score (nSPS) is 21.2. The molecule has 0 bridgehead atoms. The molecule has 0 aromatic heterocycles. The maximum atomic E-state index is 12.8. The van der Waals surface area contributed by atoms with Crippen LogP contribution in [0.2, 0.25) is 0 Å². The molecule has 0 amide bonds. The van der Waals surface area contributed by atoms with E-state index in [9.17, 15) is 9.59 Å². The molecule has 0 radical (unpaired) electrons. The fourth-order valence-electron chi connectivity index (χ4n) is 4.09. The molecule has 26 heavy (non-hydrogen) atoms. The van der Waals surface area contributed by atoms with Crippen molar-refractivity contribution in [3.8, 4) is 0 Å². The van der Waals surface area contributed by atoms with Crippen molar-refractivity contribution in [3.05, 3.63) is 70.2 Å². The first-order valence-electron chi connectivity index (χ1n) is 8.50. The Balaban J connectivity index is 2.11. The number of esters is 2. The first-order valence-corrected chi connectivity index (χ1v) is 9.29. The number of halogens is 1. The predicted molar refractivity (Wildman–Crippen MR) is 102 cm³/mol. The predicted octanol–water partition coefficient (Wildman–Crippen LogP) is 4.44. The van der Waals surface area contributed by atoms with Crippen LogP contribution in [0.3, 0.4) is 0 Å². The van der Waals surface area contributed by atoms with Crippen LogP contribution in [0.5, 0.6) is 0 Å². The van der Waals surface area contributed by atoms with E-state index >= 15 is 0 Å². The summed E-state index contributed by atoms with van der Waals surface area (Å²) < 4.78 is 11.1. The summed E-state index contributed by atoms with van der Waals surface area (Å²) >= 11 is 3.43. The van der Waals surface area contributed by atoms with Crippen LogP contribution >= 0.6 is 15.9 Å². The van der Waals surface area contributed by atoms with Gasteiger partial charge in [0.25, 0.3) is 0 Å². The van der Waals surface area contributed by atoms with Crippen molar-refractivity contribution in [2.45, 2.75) is 24.7 Å². The van der Waals surface area contributed by atoms with Crippen molar-refractivity contribution in [2.75, 3.05) is 14.2 Å². The lowest BCUT2D eigenvalue weighted by Crippen LogP contribution is -2.43. The highest BCUT2D eigenvalue weighted by Gasteiger charge is 2.60. The fraction of sp³-hybridized carbons (Fsp3) is 0.333. The first kappa shape index (κ1) is 18.6. The summed E-state index contributed by atoms with van der Waals surface area (Å²) in [7, 11) is 2.64. The van der Waals surface area contributed by atoms with Crippen molar-refractivity contribution >= 4 is 27.9 Å². The van der Waals surface area contributed by atoms with Crippen LogP contribution in [0.1, 0.15) is 35.8 Å². The van der Waals surface area contributed by atoms with E-state index in [0.717, 1.165) is 15.6 Å². The van der Waals surface area contributed by atoms with Crippen LogP contribution in [-0.4, -0.2) is 26.2 Å².